The summed E-state index contributed by atoms with van der Waals surface area (Å²) in [6.45, 7) is 4.69. The molecular formula is C16H22N4O3. The number of benzene rings is 1. The molecule has 23 heavy (non-hydrogen) atoms. The number of nitrogen functional groups attached to an aromatic ring is 1. The zero-order valence-corrected chi connectivity index (χ0v) is 13.3. The molecule has 7 heteroatoms. The third kappa shape index (κ3) is 3.52. The fraction of sp³-hybridized carbons (Fsp3) is 0.500. The fourth-order valence-electron chi connectivity index (χ4n) is 2.78. The van der Waals surface area contributed by atoms with Gasteiger partial charge in [-0.15, -0.1) is 0 Å². The molecule has 2 heterocycles. The Labute approximate surface area is 134 Å². The summed E-state index contributed by atoms with van der Waals surface area (Å²) in [5.41, 5.74) is 6.99. The third-order valence-electron chi connectivity index (χ3n) is 4.05. The highest BCUT2D eigenvalue weighted by Gasteiger charge is 2.16. The van der Waals surface area contributed by atoms with E-state index in [0.29, 0.717) is 49.5 Å². The van der Waals surface area contributed by atoms with Crippen LogP contribution in [0.15, 0.2) is 23.0 Å². The van der Waals surface area contributed by atoms with Crippen molar-refractivity contribution in [3.05, 3.63) is 34.4 Å². The second-order valence-corrected chi connectivity index (χ2v) is 5.64. The molecule has 7 nitrogen and oxygen atoms in total. The molecule has 1 aliphatic rings. The van der Waals surface area contributed by atoms with E-state index in [2.05, 4.69) is 4.90 Å². The van der Waals surface area contributed by atoms with Crippen molar-refractivity contribution >= 4 is 16.6 Å². The number of morpholine rings is 1. The maximum Gasteiger partial charge on any atom is 0.261 e. The molecule has 2 aromatic rings. The lowest BCUT2D eigenvalue weighted by Crippen LogP contribution is -2.38. The molecule has 0 aliphatic carbocycles. The maximum absolute atomic E-state index is 12.8. The van der Waals surface area contributed by atoms with Crippen molar-refractivity contribution in [1.82, 2.24) is 14.5 Å². The predicted molar refractivity (Wildman–Crippen MR) is 88.4 cm³/mol. The number of ether oxygens (including phenoxy) is 2. The summed E-state index contributed by atoms with van der Waals surface area (Å²) >= 11 is 0. The number of rotatable bonds is 5. The molecule has 0 spiro atoms. The van der Waals surface area contributed by atoms with Crippen molar-refractivity contribution < 1.29 is 9.47 Å². The van der Waals surface area contributed by atoms with Crippen LogP contribution in [0.3, 0.4) is 0 Å². The van der Waals surface area contributed by atoms with Gasteiger partial charge in [-0.1, -0.05) is 0 Å². The van der Waals surface area contributed by atoms with Crippen molar-refractivity contribution in [2.45, 2.75) is 13.1 Å². The number of hydrogen-bond donors (Lipinski definition) is 1. The Morgan fingerprint density at radius 3 is 2.87 bits per heavy atom. The molecule has 2 N–H and O–H groups in total. The van der Waals surface area contributed by atoms with Gasteiger partial charge in [0.05, 0.1) is 43.8 Å². The summed E-state index contributed by atoms with van der Waals surface area (Å²) in [5.74, 6) is 0.756. The minimum atomic E-state index is -0.0670. The molecule has 3 rings (SSSR count). The molecule has 0 amide bonds. The highest BCUT2D eigenvalue weighted by Crippen LogP contribution is 2.14. The molecule has 1 aliphatic heterocycles. The average Bonchev–Trinajstić information content (AvgIpc) is 2.56. The van der Waals surface area contributed by atoms with Crippen LogP contribution in [0.25, 0.3) is 10.9 Å². The molecule has 0 saturated carbocycles. The molecule has 0 radical (unpaired) electrons. The lowest BCUT2D eigenvalue weighted by Gasteiger charge is -2.27. The lowest BCUT2D eigenvalue weighted by molar-refractivity contribution is 0.0322. The van der Waals surface area contributed by atoms with Crippen molar-refractivity contribution in [3.8, 4) is 0 Å². The van der Waals surface area contributed by atoms with E-state index in [4.69, 9.17) is 20.2 Å². The van der Waals surface area contributed by atoms with Gasteiger partial charge in [-0.05, 0) is 18.2 Å². The van der Waals surface area contributed by atoms with Crippen molar-refractivity contribution in [2.24, 2.45) is 0 Å². The summed E-state index contributed by atoms with van der Waals surface area (Å²) in [4.78, 5) is 19.8. The number of hydrogen-bond acceptors (Lipinski definition) is 6. The van der Waals surface area contributed by atoms with Gasteiger partial charge in [0.15, 0.2) is 0 Å². The number of fused-ring (bicyclic) bond motifs is 1. The van der Waals surface area contributed by atoms with Gasteiger partial charge in [0.25, 0.3) is 5.56 Å². The standard InChI is InChI=1S/C16H22N4O3/c1-22-7-6-20-15(11-19-4-8-23-9-5-19)18-14-3-2-12(17)10-13(14)16(20)21/h2-3,10H,4-9,11,17H2,1H3. The van der Waals surface area contributed by atoms with Gasteiger partial charge in [-0.25, -0.2) is 4.98 Å². The molecule has 124 valence electrons. The largest absolute Gasteiger partial charge is 0.399 e. The lowest BCUT2D eigenvalue weighted by atomic mass is 10.2. The van der Waals surface area contributed by atoms with Crippen molar-refractivity contribution in [3.63, 3.8) is 0 Å². The zero-order valence-electron chi connectivity index (χ0n) is 13.3. The molecule has 0 bridgehead atoms. The van der Waals surface area contributed by atoms with E-state index in [9.17, 15) is 4.79 Å². The highest BCUT2D eigenvalue weighted by molar-refractivity contribution is 5.81. The van der Waals surface area contributed by atoms with Crippen LogP contribution >= 0.6 is 0 Å². The van der Waals surface area contributed by atoms with Gasteiger partial charge < -0.3 is 15.2 Å². The molecule has 0 atom stereocenters. The number of anilines is 1. The van der Waals surface area contributed by atoms with Gasteiger partial charge in [0.1, 0.15) is 5.82 Å². The quantitative estimate of drug-likeness (QED) is 0.806. The first-order chi connectivity index (χ1) is 11.2. The highest BCUT2D eigenvalue weighted by atomic mass is 16.5. The Balaban J connectivity index is 2.02. The zero-order chi connectivity index (χ0) is 16.2. The second kappa shape index (κ2) is 7.08. The van der Waals surface area contributed by atoms with Crippen LogP contribution in [0.5, 0.6) is 0 Å². The molecule has 1 fully saturated rings. The Bertz CT molecular complexity index is 738. The summed E-state index contributed by atoms with van der Waals surface area (Å²) < 4.78 is 12.2. The first kappa shape index (κ1) is 15.9. The van der Waals surface area contributed by atoms with Crippen LogP contribution in [0.2, 0.25) is 0 Å². The summed E-state index contributed by atoms with van der Waals surface area (Å²) in [7, 11) is 1.62. The molecular weight excluding hydrogens is 296 g/mol. The summed E-state index contributed by atoms with van der Waals surface area (Å²) in [6, 6.07) is 5.26. The Morgan fingerprint density at radius 1 is 1.35 bits per heavy atom. The van der Waals surface area contributed by atoms with Crippen LogP contribution in [-0.4, -0.2) is 54.5 Å². The van der Waals surface area contributed by atoms with Gasteiger partial charge in [0, 0.05) is 25.9 Å². The monoisotopic (exact) mass is 318 g/mol. The summed E-state index contributed by atoms with van der Waals surface area (Å²) in [5, 5.41) is 0.548. The maximum atomic E-state index is 12.8. The van der Waals surface area contributed by atoms with Gasteiger partial charge in [-0.2, -0.15) is 0 Å². The van der Waals surface area contributed by atoms with Crippen molar-refractivity contribution in [2.75, 3.05) is 45.8 Å². The minimum Gasteiger partial charge on any atom is -0.399 e. The smallest absolute Gasteiger partial charge is 0.261 e. The second-order valence-electron chi connectivity index (χ2n) is 5.64. The SMILES string of the molecule is COCCn1c(CN2CCOCC2)nc2ccc(N)cc2c1=O. The Hall–Kier alpha value is -1.96. The Morgan fingerprint density at radius 2 is 2.13 bits per heavy atom. The number of aromatic nitrogens is 2. The van der Waals surface area contributed by atoms with Crippen LogP contribution in [0.4, 0.5) is 5.69 Å². The fourth-order valence-corrected chi connectivity index (χ4v) is 2.78. The topological polar surface area (TPSA) is 82.6 Å². The number of methoxy groups -OCH3 is 1. The van der Waals surface area contributed by atoms with Crippen molar-refractivity contribution in [1.29, 1.82) is 0 Å². The Kier molecular flexibility index (Phi) is 4.90. The predicted octanol–water partition coefficient (Wildman–Crippen LogP) is 0.457. The van der Waals surface area contributed by atoms with Crippen LogP contribution in [-0.2, 0) is 22.6 Å². The van der Waals surface area contributed by atoms with Gasteiger partial charge in [-0.3, -0.25) is 14.3 Å². The van der Waals surface area contributed by atoms with Crippen LogP contribution in [0, 0.1) is 0 Å². The van der Waals surface area contributed by atoms with E-state index < -0.39 is 0 Å². The van der Waals surface area contributed by atoms with E-state index in [1.54, 1.807) is 29.9 Å². The van der Waals surface area contributed by atoms with E-state index in [-0.39, 0.29) is 5.56 Å². The van der Waals surface area contributed by atoms with Gasteiger partial charge >= 0.3 is 0 Å². The summed E-state index contributed by atoms with van der Waals surface area (Å²) in [6.07, 6.45) is 0. The number of nitrogens with two attached hydrogens (primary N) is 1. The first-order valence-corrected chi connectivity index (χ1v) is 7.77. The molecule has 1 aromatic carbocycles. The van der Waals surface area contributed by atoms with Gasteiger partial charge in [0.2, 0.25) is 0 Å². The molecule has 1 aromatic heterocycles. The molecule has 1 saturated heterocycles. The van der Waals surface area contributed by atoms with E-state index in [1.165, 1.54) is 0 Å². The third-order valence-corrected chi connectivity index (χ3v) is 4.05. The van der Waals surface area contributed by atoms with E-state index in [1.807, 2.05) is 0 Å². The normalized spacial score (nSPS) is 16.0. The molecule has 0 unspecified atom stereocenters. The average molecular weight is 318 g/mol. The number of nitrogens with zero attached hydrogens (tertiary/aromatic N) is 3. The first-order valence-electron chi connectivity index (χ1n) is 7.77. The van der Waals surface area contributed by atoms with Crippen LogP contribution < -0.4 is 11.3 Å². The van der Waals surface area contributed by atoms with Crippen LogP contribution in [0.1, 0.15) is 5.82 Å². The van der Waals surface area contributed by atoms with E-state index >= 15 is 0 Å². The minimum absolute atomic E-state index is 0.0670. The van der Waals surface area contributed by atoms with E-state index in [0.717, 1.165) is 18.9 Å².